The Kier molecular flexibility index (Phi) is 6.31. The number of Topliss-reactive ketones (excluding diaryl/α,β-unsaturated/α-hetero) is 1. The van der Waals surface area contributed by atoms with E-state index in [4.69, 9.17) is 4.42 Å². The number of phenolic OH excluding ortho intramolecular Hbond substituents is 1. The van der Waals surface area contributed by atoms with Crippen LogP contribution in [0.15, 0.2) is 70.3 Å². The molecule has 1 aliphatic heterocycles. The average Bonchev–Trinajstić information content (AvgIpc) is 3.51. The van der Waals surface area contributed by atoms with Crippen LogP contribution in [0, 0.1) is 11.6 Å². The molecule has 186 valence electrons. The molecule has 0 aliphatic carbocycles. The number of fused-ring (bicyclic) bond motifs is 1. The molecule has 4 aromatic rings. The number of hydrogen-bond donors (Lipinski definition) is 1. The molecule has 0 amide bonds. The Morgan fingerprint density at radius 2 is 1.86 bits per heavy atom. The zero-order chi connectivity index (χ0) is 25.4. The van der Waals surface area contributed by atoms with Crippen molar-refractivity contribution in [1.82, 2.24) is 9.29 Å². The summed E-state index contributed by atoms with van der Waals surface area (Å²) < 4.78 is 60.0. The van der Waals surface area contributed by atoms with E-state index >= 15 is 0 Å². The number of hydrogen-bond acceptors (Lipinski definition) is 6. The van der Waals surface area contributed by atoms with E-state index in [0.717, 1.165) is 15.9 Å². The standard InChI is InChI=1S/C26H22F2N2O5S/c27-18-5-8-25-17(13-18)14-26(35-25)36(33,34)30-11-1-2-22(30)23(31)7-3-16-9-10-29-21(12-16)20-6-4-19(28)15-24(20)32/h4-6,8-10,12-15,22,32H,1-3,7,11H2. The van der Waals surface area contributed by atoms with Crippen molar-refractivity contribution in [3.8, 4) is 17.0 Å². The Bertz CT molecular complexity index is 1570. The monoisotopic (exact) mass is 512 g/mol. The first kappa shape index (κ1) is 24.1. The quantitative estimate of drug-likeness (QED) is 0.381. The highest BCUT2D eigenvalue weighted by Gasteiger charge is 2.40. The van der Waals surface area contributed by atoms with E-state index < -0.39 is 27.7 Å². The van der Waals surface area contributed by atoms with Crippen LogP contribution in [-0.2, 0) is 21.2 Å². The second kappa shape index (κ2) is 9.44. The van der Waals surface area contributed by atoms with Gasteiger partial charge in [-0.05, 0) is 67.3 Å². The van der Waals surface area contributed by atoms with E-state index in [9.17, 15) is 27.1 Å². The third-order valence-electron chi connectivity index (χ3n) is 6.31. The maximum absolute atomic E-state index is 13.5. The van der Waals surface area contributed by atoms with Gasteiger partial charge in [-0.2, -0.15) is 4.31 Å². The fourth-order valence-electron chi connectivity index (χ4n) is 4.51. The van der Waals surface area contributed by atoms with Crippen LogP contribution in [0.3, 0.4) is 0 Å². The summed E-state index contributed by atoms with van der Waals surface area (Å²) in [4.78, 5) is 17.3. The van der Waals surface area contributed by atoms with Crippen LogP contribution in [0.2, 0.25) is 0 Å². The van der Waals surface area contributed by atoms with E-state index in [-0.39, 0.29) is 35.2 Å². The highest BCUT2D eigenvalue weighted by molar-refractivity contribution is 7.89. The summed E-state index contributed by atoms with van der Waals surface area (Å²) in [6.45, 7) is 0.188. The number of benzene rings is 2. The molecule has 1 unspecified atom stereocenters. The highest BCUT2D eigenvalue weighted by Crippen LogP contribution is 2.32. The van der Waals surface area contributed by atoms with Gasteiger partial charge in [0.05, 0.1) is 11.7 Å². The smallest absolute Gasteiger partial charge is 0.277 e. The minimum absolute atomic E-state index is 0.0981. The van der Waals surface area contributed by atoms with Gasteiger partial charge in [0.2, 0.25) is 5.09 Å². The van der Waals surface area contributed by atoms with E-state index in [1.54, 1.807) is 12.1 Å². The van der Waals surface area contributed by atoms with Crippen molar-refractivity contribution in [3.05, 3.63) is 78.0 Å². The van der Waals surface area contributed by atoms with Crippen molar-refractivity contribution in [3.63, 3.8) is 0 Å². The Labute approximate surface area is 206 Å². The largest absolute Gasteiger partial charge is 0.507 e. The lowest BCUT2D eigenvalue weighted by molar-refractivity contribution is -0.122. The number of phenols is 1. The number of halogens is 2. The van der Waals surface area contributed by atoms with E-state index in [1.165, 1.54) is 42.6 Å². The molecule has 1 fully saturated rings. The van der Waals surface area contributed by atoms with Gasteiger partial charge in [0, 0.05) is 42.2 Å². The molecule has 1 saturated heterocycles. The fraction of sp³-hybridized carbons (Fsp3) is 0.231. The van der Waals surface area contributed by atoms with Gasteiger partial charge < -0.3 is 9.52 Å². The van der Waals surface area contributed by atoms with E-state index in [2.05, 4.69) is 4.98 Å². The highest BCUT2D eigenvalue weighted by atomic mass is 32.2. The van der Waals surface area contributed by atoms with Crippen molar-refractivity contribution >= 4 is 26.8 Å². The molecule has 1 atom stereocenters. The van der Waals surface area contributed by atoms with E-state index in [0.29, 0.717) is 35.9 Å². The molecule has 7 nitrogen and oxygen atoms in total. The number of furan rings is 1. The van der Waals surface area contributed by atoms with Crippen LogP contribution in [-0.4, -0.2) is 41.2 Å². The summed E-state index contributed by atoms with van der Waals surface area (Å²) >= 11 is 0. The average molecular weight is 513 g/mol. The number of aryl methyl sites for hydroxylation is 1. The van der Waals surface area contributed by atoms with Crippen LogP contribution in [0.25, 0.3) is 22.2 Å². The molecule has 5 rings (SSSR count). The molecular formula is C26H22F2N2O5S. The minimum atomic E-state index is -4.09. The van der Waals surface area contributed by atoms with Crippen LogP contribution in [0.4, 0.5) is 8.78 Å². The zero-order valence-electron chi connectivity index (χ0n) is 19.0. The number of carbonyl (C=O) groups excluding carboxylic acids is 1. The molecule has 2 aromatic carbocycles. The van der Waals surface area contributed by atoms with Gasteiger partial charge in [-0.25, -0.2) is 17.2 Å². The molecule has 3 heterocycles. The lowest BCUT2D eigenvalue weighted by atomic mass is 10.0. The SMILES string of the molecule is O=C(CCc1ccnc(-c2ccc(F)cc2O)c1)C1CCCN1S(=O)(=O)c1cc2cc(F)ccc2o1. The molecule has 0 radical (unpaired) electrons. The van der Waals surface area contributed by atoms with Gasteiger partial charge >= 0.3 is 0 Å². The summed E-state index contributed by atoms with van der Waals surface area (Å²) in [6.07, 6.45) is 2.91. The Hall–Kier alpha value is -3.63. The number of carbonyl (C=O) groups is 1. The number of nitrogens with zero attached hydrogens (tertiary/aromatic N) is 2. The number of ketones is 1. The molecular weight excluding hydrogens is 490 g/mol. The van der Waals surface area contributed by atoms with Crippen molar-refractivity contribution in [2.24, 2.45) is 0 Å². The number of pyridine rings is 1. The maximum atomic E-state index is 13.5. The number of aromatic hydroxyl groups is 1. The van der Waals surface area contributed by atoms with Crippen molar-refractivity contribution in [2.45, 2.75) is 36.8 Å². The van der Waals surface area contributed by atoms with Crippen LogP contribution in [0.5, 0.6) is 5.75 Å². The fourth-order valence-corrected chi connectivity index (χ4v) is 6.14. The predicted octanol–water partition coefficient (Wildman–Crippen LogP) is 4.83. The van der Waals surface area contributed by atoms with Crippen LogP contribution >= 0.6 is 0 Å². The van der Waals surface area contributed by atoms with Crippen molar-refractivity contribution in [1.29, 1.82) is 0 Å². The van der Waals surface area contributed by atoms with Crippen molar-refractivity contribution < 1.29 is 31.5 Å². The number of aromatic nitrogens is 1. The second-order valence-electron chi connectivity index (χ2n) is 8.70. The molecule has 0 saturated carbocycles. The van der Waals surface area contributed by atoms with Crippen LogP contribution < -0.4 is 0 Å². The van der Waals surface area contributed by atoms with Crippen LogP contribution in [0.1, 0.15) is 24.8 Å². The molecule has 0 spiro atoms. The zero-order valence-corrected chi connectivity index (χ0v) is 19.8. The lowest BCUT2D eigenvalue weighted by Crippen LogP contribution is -2.40. The molecule has 0 bridgehead atoms. The summed E-state index contributed by atoms with van der Waals surface area (Å²) in [5, 5.41) is 10.0. The molecule has 1 aliphatic rings. The molecule has 1 N–H and O–H groups in total. The molecule has 36 heavy (non-hydrogen) atoms. The maximum Gasteiger partial charge on any atom is 0.277 e. The number of rotatable bonds is 7. The van der Waals surface area contributed by atoms with Crippen molar-refractivity contribution in [2.75, 3.05) is 6.54 Å². The van der Waals surface area contributed by atoms with Gasteiger partial charge in [-0.15, -0.1) is 0 Å². The first-order chi connectivity index (χ1) is 17.2. The summed E-state index contributed by atoms with van der Waals surface area (Å²) in [5.41, 5.74) is 1.81. The predicted molar refractivity (Wildman–Crippen MR) is 128 cm³/mol. The van der Waals surface area contributed by atoms with Gasteiger partial charge in [-0.1, -0.05) is 0 Å². The first-order valence-corrected chi connectivity index (χ1v) is 12.8. The summed E-state index contributed by atoms with van der Waals surface area (Å²) in [5.74, 6) is -1.53. The lowest BCUT2D eigenvalue weighted by Gasteiger charge is -2.21. The van der Waals surface area contributed by atoms with Gasteiger partial charge in [0.15, 0.2) is 5.78 Å². The van der Waals surface area contributed by atoms with E-state index in [1.807, 2.05) is 0 Å². The summed E-state index contributed by atoms with van der Waals surface area (Å²) in [7, 11) is -4.09. The first-order valence-electron chi connectivity index (χ1n) is 11.4. The minimum Gasteiger partial charge on any atom is -0.507 e. The summed E-state index contributed by atoms with van der Waals surface area (Å²) in [6, 6.07) is 11.3. The number of sulfonamides is 1. The Morgan fingerprint density at radius 1 is 1.08 bits per heavy atom. The Morgan fingerprint density at radius 3 is 2.67 bits per heavy atom. The Balaban J connectivity index is 1.31. The molecule has 2 aromatic heterocycles. The normalized spacial score (nSPS) is 16.6. The topological polar surface area (TPSA) is 101 Å². The van der Waals surface area contributed by atoms with Gasteiger partial charge in [0.25, 0.3) is 10.0 Å². The second-order valence-corrected chi connectivity index (χ2v) is 10.5. The molecule has 10 heteroatoms. The third kappa shape index (κ3) is 4.61. The third-order valence-corrected chi connectivity index (χ3v) is 8.08. The van der Waals surface area contributed by atoms with Gasteiger partial charge in [0.1, 0.15) is 23.0 Å². The van der Waals surface area contributed by atoms with Gasteiger partial charge in [-0.3, -0.25) is 9.78 Å².